The summed E-state index contributed by atoms with van der Waals surface area (Å²) in [4.78, 5) is 22.4. The van der Waals surface area contributed by atoms with Crippen LogP contribution in [0.4, 0.5) is 0 Å². The van der Waals surface area contributed by atoms with Crippen LogP contribution in [0.25, 0.3) is 0 Å². The molecule has 2 N–H and O–H groups in total. The van der Waals surface area contributed by atoms with Crippen LogP contribution >= 0.6 is 0 Å². The van der Waals surface area contributed by atoms with Gasteiger partial charge in [0.25, 0.3) is 0 Å². The average molecular weight is 207 g/mol. The van der Waals surface area contributed by atoms with Crippen molar-refractivity contribution >= 4 is 11.8 Å². The van der Waals surface area contributed by atoms with E-state index in [9.17, 15) is 9.59 Å². The van der Waals surface area contributed by atoms with Crippen LogP contribution in [0.15, 0.2) is 23.9 Å². The zero-order valence-corrected chi connectivity index (χ0v) is 8.35. The molecule has 0 bridgehead atoms. The third kappa shape index (κ3) is 1.86. The van der Waals surface area contributed by atoms with E-state index in [-0.39, 0.29) is 5.91 Å². The van der Waals surface area contributed by atoms with Crippen molar-refractivity contribution in [3.8, 4) is 0 Å². The van der Waals surface area contributed by atoms with E-state index >= 15 is 0 Å². The van der Waals surface area contributed by atoms with Gasteiger partial charge in [-0.1, -0.05) is 12.2 Å². The lowest BCUT2D eigenvalue weighted by molar-refractivity contribution is -0.138. The molecule has 15 heavy (non-hydrogen) atoms. The Kier molecular flexibility index (Phi) is 2.45. The molecule has 0 aromatic carbocycles. The summed E-state index contributed by atoms with van der Waals surface area (Å²) in [5.41, 5.74) is 5.61. The topological polar surface area (TPSA) is 66.6 Å². The van der Waals surface area contributed by atoms with Gasteiger partial charge in [0.05, 0.1) is 12.1 Å². The Morgan fingerprint density at radius 2 is 2.27 bits per heavy atom. The number of rotatable bonds is 2. The Morgan fingerprint density at radius 3 is 2.87 bits per heavy atom. The lowest BCUT2D eigenvalue weighted by Gasteiger charge is -2.31. The van der Waals surface area contributed by atoms with Crippen molar-refractivity contribution in [1.82, 2.24) is 10.0 Å². The number of nitrogens with zero attached hydrogens (tertiary/aromatic N) is 2. The standard InChI is InChI=1S/C10H13N3O2/c11-10(15)8-3-1-5-12(7-8)13-6-2-4-9(13)14/h1,3,7H,2,4-6H2,(H2,11,15). The molecule has 80 valence electrons. The summed E-state index contributed by atoms with van der Waals surface area (Å²) in [5, 5.41) is 3.40. The Labute approximate surface area is 87.8 Å². The molecule has 0 spiro atoms. The fourth-order valence-corrected chi connectivity index (χ4v) is 1.76. The van der Waals surface area contributed by atoms with E-state index in [1.165, 1.54) is 0 Å². The smallest absolute Gasteiger partial charge is 0.250 e. The number of amides is 2. The van der Waals surface area contributed by atoms with Gasteiger partial charge in [-0.3, -0.25) is 19.6 Å². The molecule has 0 aromatic rings. The van der Waals surface area contributed by atoms with Crippen LogP contribution in [0.5, 0.6) is 0 Å². The van der Waals surface area contributed by atoms with E-state index in [1.807, 2.05) is 6.08 Å². The first-order chi connectivity index (χ1) is 7.18. The Hall–Kier alpha value is -1.78. The third-order valence-electron chi connectivity index (χ3n) is 2.52. The summed E-state index contributed by atoms with van der Waals surface area (Å²) in [6, 6.07) is 0. The number of carbonyl (C=O) groups excluding carboxylic acids is 2. The molecule has 0 saturated carbocycles. The van der Waals surface area contributed by atoms with Crippen molar-refractivity contribution in [3.63, 3.8) is 0 Å². The number of carbonyl (C=O) groups is 2. The Balaban J connectivity index is 2.14. The molecular weight excluding hydrogens is 194 g/mol. The Morgan fingerprint density at radius 1 is 1.47 bits per heavy atom. The van der Waals surface area contributed by atoms with Gasteiger partial charge < -0.3 is 5.73 Å². The molecule has 5 nitrogen and oxygen atoms in total. The van der Waals surface area contributed by atoms with Crippen LogP contribution in [-0.4, -0.2) is 34.9 Å². The largest absolute Gasteiger partial charge is 0.366 e. The Bertz CT molecular complexity index is 360. The molecule has 2 amide bonds. The quantitative estimate of drug-likeness (QED) is 0.679. The fourth-order valence-electron chi connectivity index (χ4n) is 1.76. The second kappa shape index (κ2) is 3.76. The van der Waals surface area contributed by atoms with Gasteiger partial charge in [0.15, 0.2) is 0 Å². The summed E-state index contributed by atoms with van der Waals surface area (Å²) in [5.74, 6) is -0.368. The van der Waals surface area contributed by atoms with Crippen molar-refractivity contribution in [3.05, 3.63) is 23.9 Å². The lowest BCUT2D eigenvalue weighted by Crippen LogP contribution is -2.41. The maximum atomic E-state index is 11.5. The first kappa shape index (κ1) is 9.76. The molecule has 1 saturated heterocycles. The van der Waals surface area contributed by atoms with Crippen molar-refractivity contribution in [2.75, 3.05) is 13.1 Å². The average Bonchev–Trinajstić information content (AvgIpc) is 2.64. The van der Waals surface area contributed by atoms with Crippen LogP contribution < -0.4 is 5.73 Å². The number of nitrogens with two attached hydrogens (primary N) is 1. The molecule has 0 aromatic heterocycles. The molecule has 2 aliphatic rings. The maximum absolute atomic E-state index is 11.5. The molecule has 0 radical (unpaired) electrons. The first-order valence-electron chi connectivity index (χ1n) is 4.93. The zero-order valence-electron chi connectivity index (χ0n) is 8.35. The normalized spacial score (nSPS) is 20.8. The maximum Gasteiger partial charge on any atom is 0.250 e. The molecule has 2 aliphatic heterocycles. The molecule has 0 atom stereocenters. The second-order valence-corrected chi connectivity index (χ2v) is 3.59. The highest BCUT2D eigenvalue weighted by Gasteiger charge is 2.25. The van der Waals surface area contributed by atoms with E-state index in [2.05, 4.69) is 0 Å². The minimum absolute atomic E-state index is 0.102. The van der Waals surface area contributed by atoms with Crippen LogP contribution in [-0.2, 0) is 9.59 Å². The van der Waals surface area contributed by atoms with Gasteiger partial charge in [-0.2, -0.15) is 0 Å². The number of hydrogen-bond donors (Lipinski definition) is 1. The number of primary amides is 1. The molecule has 2 heterocycles. The van der Waals surface area contributed by atoms with E-state index in [0.29, 0.717) is 18.5 Å². The summed E-state index contributed by atoms with van der Waals surface area (Å²) < 4.78 is 0. The highest BCUT2D eigenvalue weighted by molar-refractivity contribution is 5.94. The van der Waals surface area contributed by atoms with Gasteiger partial charge in [-0.25, -0.2) is 0 Å². The molecule has 0 unspecified atom stereocenters. The van der Waals surface area contributed by atoms with Crippen LogP contribution in [0.3, 0.4) is 0 Å². The molecule has 0 aliphatic carbocycles. The SMILES string of the molecule is NC(=O)C1=CN(N2CCCC2=O)CC=C1. The van der Waals surface area contributed by atoms with E-state index in [4.69, 9.17) is 5.73 Å². The lowest BCUT2D eigenvalue weighted by atomic mass is 10.2. The molecule has 5 heteroatoms. The first-order valence-corrected chi connectivity index (χ1v) is 4.93. The van der Waals surface area contributed by atoms with Gasteiger partial charge in [0.1, 0.15) is 0 Å². The van der Waals surface area contributed by atoms with Crippen molar-refractivity contribution in [1.29, 1.82) is 0 Å². The van der Waals surface area contributed by atoms with Gasteiger partial charge in [0, 0.05) is 19.2 Å². The molecule has 1 fully saturated rings. The van der Waals surface area contributed by atoms with Crippen LogP contribution in [0.1, 0.15) is 12.8 Å². The predicted octanol–water partition coefficient (Wildman–Crippen LogP) is -0.235. The number of hydrogen-bond acceptors (Lipinski definition) is 3. The summed E-state index contributed by atoms with van der Waals surface area (Å²) in [6.45, 7) is 1.33. The number of hydrazine groups is 1. The van der Waals surface area contributed by atoms with Gasteiger partial charge in [-0.15, -0.1) is 0 Å². The molecular formula is C10H13N3O2. The summed E-state index contributed by atoms with van der Waals surface area (Å²) in [7, 11) is 0. The third-order valence-corrected chi connectivity index (χ3v) is 2.52. The van der Waals surface area contributed by atoms with Gasteiger partial charge in [0.2, 0.25) is 11.8 Å². The highest BCUT2D eigenvalue weighted by atomic mass is 16.2. The predicted molar refractivity (Wildman–Crippen MR) is 54.1 cm³/mol. The fraction of sp³-hybridized carbons (Fsp3) is 0.400. The van der Waals surface area contributed by atoms with E-state index < -0.39 is 5.91 Å². The van der Waals surface area contributed by atoms with Crippen molar-refractivity contribution in [2.24, 2.45) is 5.73 Å². The highest BCUT2D eigenvalue weighted by Crippen LogP contribution is 2.17. The van der Waals surface area contributed by atoms with Crippen molar-refractivity contribution in [2.45, 2.75) is 12.8 Å². The van der Waals surface area contributed by atoms with Gasteiger partial charge in [-0.05, 0) is 6.42 Å². The van der Waals surface area contributed by atoms with E-state index in [1.54, 1.807) is 22.3 Å². The van der Waals surface area contributed by atoms with Crippen LogP contribution in [0, 0.1) is 0 Å². The van der Waals surface area contributed by atoms with Crippen LogP contribution in [0.2, 0.25) is 0 Å². The van der Waals surface area contributed by atoms with E-state index in [0.717, 1.165) is 13.0 Å². The molecule has 2 rings (SSSR count). The summed E-state index contributed by atoms with van der Waals surface area (Å²) >= 11 is 0. The van der Waals surface area contributed by atoms with Crippen molar-refractivity contribution < 1.29 is 9.59 Å². The summed E-state index contributed by atoms with van der Waals surface area (Å²) in [6.07, 6.45) is 6.59. The second-order valence-electron chi connectivity index (χ2n) is 3.59. The minimum atomic E-state index is -0.470. The minimum Gasteiger partial charge on any atom is -0.366 e. The zero-order chi connectivity index (χ0) is 10.8. The van der Waals surface area contributed by atoms with Gasteiger partial charge >= 0.3 is 0 Å². The monoisotopic (exact) mass is 207 g/mol.